The molecule has 0 aliphatic carbocycles. The van der Waals surface area contributed by atoms with Gasteiger partial charge in [0.25, 0.3) is 5.91 Å². The lowest BCUT2D eigenvalue weighted by atomic mass is 10.0. The van der Waals surface area contributed by atoms with E-state index in [9.17, 15) is 9.59 Å². The van der Waals surface area contributed by atoms with Crippen molar-refractivity contribution >= 4 is 22.7 Å². The first-order valence-electron chi connectivity index (χ1n) is 7.27. The van der Waals surface area contributed by atoms with Gasteiger partial charge in [-0.05, 0) is 37.1 Å². The van der Waals surface area contributed by atoms with Crippen molar-refractivity contribution in [3.8, 4) is 0 Å². The molecule has 0 radical (unpaired) electrons. The number of aromatic amines is 1. The molecule has 3 rings (SSSR count). The number of nitrogens with one attached hydrogen (secondary N) is 2. The Kier molecular flexibility index (Phi) is 3.64. The van der Waals surface area contributed by atoms with Crippen LogP contribution in [-0.4, -0.2) is 40.8 Å². The molecule has 1 atom stereocenters. The fourth-order valence-electron chi connectivity index (χ4n) is 2.94. The van der Waals surface area contributed by atoms with Crippen LogP contribution in [0.3, 0.4) is 0 Å². The SMILES string of the molecule is CC(=O)NC1CCCN(C(=O)c2ccc3[nH]ccc3c2)C1. The van der Waals surface area contributed by atoms with Gasteiger partial charge in [0.15, 0.2) is 0 Å². The summed E-state index contributed by atoms with van der Waals surface area (Å²) in [4.78, 5) is 28.7. The number of fused-ring (bicyclic) bond motifs is 1. The standard InChI is InChI=1S/C16H19N3O2/c1-11(20)18-14-3-2-8-19(10-14)16(21)13-4-5-15-12(9-13)6-7-17-15/h4-7,9,14,17H,2-3,8,10H2,1H3,(H,18,20). The summed E-state index contributed by atoms with van der Waals surface area (Å²) in [5.41, 5.74) is 1.73. The Morgan fingerprint density at radius 1 is 1.33 bits per heavy atom. The summed E-state index contributed by atoms with van der Waals surface area (Å²) in [6.45, 7) is 2.85. The number of benzene rings is 1. The third-order valence-corrected chi connectivity index (χ3v) is 3.92. The second-order valence-electron chi connectivity index (χ2n) is 5.57. The lowest BCUT2D eigenvalue weighted by Gasteiger charge is -2.33. The fourth-order valence-corrected chi connectivity index (χ4v) is 2.94. The zero-order valence-corrected chi connectivity index (χ0v) is 12.1. The van der Waals surface area contributed by atoms with E-state index in [1.807, 2.05) is 35.4 Å². The van der Waals surface area contributed by atoms with E-state index in [0.717, 1.165) is 30.3 Å². The molecule has 1 aliphatic heterocycles. The Hall–Kier alpha value is -2.30. The van der Waals surface area contributed by atoms with Gasteiger partial charge in [0.2, 0.25) is 5.91 Å². The molecule has 1 aromatic heterocycles. The van der Waals surface area contributed by atoms with E-state index in [2.05, 4.69) is 10.3 Å². The van der Waals surface area contributed by atoms with Gasteiger partial charge in [-0.15, -0.1) is 0 Å². The first-order chi connectivity index (χ1) is 10.1. The summed E-state index contributed by atoms with van der Waals surface area (Å²) in [7, 11) is 0. The van der Waals surface area contributed by atoms with Crippen LogP contribution in [0.1, 0.15) is 30.1 Å². The molecule has 5 heteroatoms. The molecule has 1 aromatic carbocycles. The minimum atomic E-state index is -0.0389. The van der Waals surface area contributed by atoms with Gasteiger partial charge in [0.1, 0.15) is 0 Å². The Bertz CT molecular complexity index is 677. The van der Waals surface area contributed by atoms with Crippen molar-refractivity contribution in [2.45, 2.75) is 25.8 Å². The Balaban J connectivity index is 1.75. The zero-order valence-electron chi connectivity index (χ0n) is 12.1. The van der Waals surface area contributed by atoms with Gasteiger partial charge in [-0.2, -0.15) is 0 Å². The van der Waals surface area contributed by atoms with Crippen molar-refractivity contribution in [1.29, 1.82) is 0 Å². The molecule has 0 bridgehead atoms. The van der Waals surface area contributed by atoms with Crippen LogP contribution in [0, 0.1) is 0 Å². The average molecular weight is 285 g/mol. The minimum absolute atomic E-state index is 0.0353. The van der Waals surface area contributed by atoms with Gasteiger partial charge in [0, 0.05) is 48.7 Å². The predicted octanol–water partition coefficient (Wildman–Crippen LogP) is 1.91. The van der Waals surface area contributed by atoms with Gasteiger partial charge in [-0.3, -0.25) is 9.59 Å². The largest absolute Gasteiger partial charge is 0.361 e. The molecule has 2 amide bonds. The van der Waals surface area contributed by atoms with Crippen molar-refractivity contribution in [2.24, 2.45) is 0 Å². The van der Waals surface area contributed by atoms with Gasteiger partial charge < -0.3 is 15.2 Å². The van der Waals surface area contributed by atoms with Gasteiger partial charge in [-0.25, -0.2) is 0 Å². The Labute approximate surface area is 123 Å². The summed E-state index contributed by atoms with van der Waals surface area (Å²) in [6.07, 6.45) is 3.72. The summed E-state index contributed by atoms with van der Waals surface area (Å²) in [5, 5.41) is 3.94. The van der Waals surface area contributed by atoms with E-state index >= 15 is 0 Å². The number of piperidine rings is 1. The summed E-state index contributed by atoms with van der Waals surface area (Å²) < 4.78 is 0. The summed E-state index contributed by atoms with van der Waals surface area (Å²) >= 11 is 0. The summed E-state index contributed by atoms with van der Waals surface area (Å²) in [6, 6.07) is 7.72. The average Bonchev–Trinajstić information content (AvgIpc) is 2.93. The highest BCUT2D eigenvalue weighted by atomic mass is 16.2. The smallest absolute Gasteiger partial charge is 0.253 e. The first kappa shape index (κ1) is 13.7. The van der Waals surface area contributed by atoms with E-state index in [4.69, 9.17) is 0 Å². The number of nitrogens with zero attached hydrogens (tertiary/aromatic N) is 1. The lowest BCUT2D eigenvalue weighted by Crippen LogP contribution is -2.49. The highest BCUT2D eigenvalue weighted by Gasteiger charge is 2.24. The number of aromatic nitrogens is 1. The van der Waals surface area contributed by atoms with Gasteiger partial charge in [0.05, 0.1) is 0 Å². The van der Waals surface area contributed by atoms with Crippen LogP contribution < -0.4 is 5.32 Å². The van der Waals surface area contributed by atoms with Crippen molar-refractivity contribution < 1.29 is 9.59 Å². The van der Waals surface area contributed by atoms with Crippen LogP contribution >= 0.6 is 0 Å². The number of hydrogen-bond acceptors (Lipinski definition) is 2. The van der Waals surface area contributed by atoms with Gasteiger partial charge in [-0.1, -0.05) is 0 Å². The summed E-state index contributed by atoms with van der Waals surface area (Å²) in [5.74, 6) is -0.00352. The van der Waals surface area contributed by atoms with Crippen LogP contribution in [0.4, 0.5) is 0 Å². The van der Waals surface area contributed by atoms with Crippen molar-refractivity contribution in [3.05, 3.63) is 36.0 Å². The molecule has 21 heavy (non-hydrogen) atoms. The van der Waals surface area contributed by atoms with E-state index < -0.39 is 0 Å². The minimum Gasteiger partial charge on any atom is -0.361 e. The van der Waals surface area contributed by atoms with Crippen molar-refractivity contribution in [1.82, 2.24) is 15.2 Å². The third-order valence-electron chi connectivity index (χ3n) is 3.92. The highest BCUT2D eigenvalue weighted by Crippen LogP contribution is 2.18. The van der Waals surface area contributed by atoms with Crippen LogP contribution in [0.5, 0.6) is 0 Å². The zero-order chi connectivity index (χ0) is 14.8. The van der Waals surface area contributed by atoms with Crippen LogP contribution in [0.2, 0.25) is 0 Å². The number of carbonyl (C=O) groups excluding carboxylic acids is 2. The topological polar surface area (TPSA) is 65.2 Å². The molecule has 1 fully saturated rings. The molecule has 2 heterocycles. The molecule has 2 N–H and O–H groups in total. The van der Waals surface area contributed by atoms with E-state index in [1.54, 1.807) is 0 Å². The van der Waals surface area contributed by atoms with Crippen LogP contribution in [0.25, 0.3) is 10.9 Å². The molecular formula is C16H19N3O2. The second kappa shape index (κ2) is 5.60. The maximum absolute atomic E-state index is 12.6. The predicted molar refractivity (Wildman–Crippen MR) is 81.0 cm³/mol. The van der Waals surface area contributed by atoms with E-state index in [-0.39, 0.29) is 17.9 Å². The second-order valence-corrected chi connectivity index (χ2v) is 5.57. The molecule has 2 aromatic rings. The Morgan fingerprint density at radius 3 is 3.00 bits per heavy atom. The number of hydrogen-bond donors (Lipinski definition) is 2. The molecular weight excluding hydrogens is 266 g/mol. The van der Waals surface area contributed by atoms with Crippen LogP contribution in [0.15, 0.2) is 30.5 Å². The number of H-pyrrole nitrogens is 1. The van der Waals surface area contributed by atoms with Gasteiger partial charge >= 0.3 is 0 Å². The number of carbonyl (C=O) groups is 2. The Morgan fingerprint density at radius 2 is 2.19 bits per heavy atom. The maximum atomic E-state index is 12.6. The molecule has 1 aliphatic rings. The van der Waals surface area contributed by atoms with E-state index in [0.29, 0.717) is 12.1 Å². The van der Waals surface area contributed by atoms with Crippen molar-refractivity contribution in [2.75, 3.05) is 13.1 Å². The number of rotatable bonds is 2. The molecule has 110 valence electrons. The number of amides is 2. The van der Waals surface area contributed by atoms with Crippen LogP contribution in [-0.2, 0) is 4.79 Å². The van der Waals surface area contributed by atoms with E-state index in [1.165, 1.54) is 6.92 Å². The molecule has 0 spiro atoms. The quantitative estimate of drug-likeness (QED) is 0.885. The molecule has 0 saturated carbocycles. The first-order valence-corrected chi connectivity index (χ1v) is 7.27. The lowest BCUT2D eigenvalue weighted by molar-refractivity contribution is -0.120. The normalized spacial score (nSPS) is 18.7. The number of likely N-dealkylation sites (tertiary alicyclic amines) is 1. The molecule has 5 nitrogen and oxygen atoms in total. The third kappa shape index (κ3) is 2.91. The highest BCUT2D eigenvalue weighted by molar-refractivity contribution is 5.98. The maximum Gasteiger partial charge on any atom is 0.253 e. The monoisotopic (exact) mass is 285 g/mol. The molecule has 1 saturated heterocycles. The van der Waals surface area contributed by atoms with Crippen molar-refractivity contribution in [3.63, 3.8) is 0 Å². The molecule has 1 unspecified atom stereocenters. The fraction of sp³-hybridized carbons (Fsp3) is 0.375.